The zero-order valence-electron chi connectivity index (χ0n) is 12.5. The Bertz CT molecular complexity index is 590. The van der Waals surface area contributed by atoms with E-state index in [0.29, 0.717) is 18.0 Å². The Labute approximate surface area is 119 Å². The third kappa shape index (κ3) is 3.00. The highest BCUT2D eigenvalue weighted by molar-refractivity contribution is 5.47. The summed E-state index contributed by atoms with van der Waals surface area (Å²) >= 11 is 0. The Morgan fingerprint density at radius 3 is 2.70 bits per heavy atom. The van der Waals surface area contributed by atoms with Crippen LogP contribution in [0.25, 0.3) is 0 Å². The Kier molecular flexibility index (Phi) is 4.42. The van der Waals surface area contributed by atoms with Crippen LogP contribution in [0.4, 0.5) is 10.1 Å². The maximum Gasteiger partial charge on any atom is 0.144 e. The van der Waals surface area contributed by atoms with Crippen molar-refractivity contribution in [3.63, 3.8) is 0 Å². The molecule has 1 aromatic heterocycles. The number of nitrogens with one attached hydrogen (secondary N) is 1. The molecule has 2 aromatic rings. The summed E-state index contributed by atoms with van der Waals surface area (Å²) in [6.45, 7) is 8.65. The van der Waals surface area contributed by atoms with Crippen LogP contribution in [-0.4, -0.2) is 5.16 Å². The number of aromatic nitrogens is 1. The minimum Gasteiger partial charge on any atom is -0.381 e. The predicted octanol–water partition coefficient (Wildman–Crippen LogP) is 4.42. The molecule has 2 rings (SSSR count). The molecule has 0 amide bonds. The minimum absolute atomic E-state index is 0.183. The molecule has 0 unspecified atom stereocenters. The van der Waals surface area contributed by atoms with Crippen LogP contribution in [0, 0.1) is 12.7 Å². The number of nitrogens with zero attached hydrogens (tertiary/aromatic N) is 1. The zero-order valence-corrected chi connectivity index (χ0v) is 12.5. The highest BCUT2D eigenvalue weighted by Gasteiger charge is 2.17. The summed E-state index contributed by atoms with van der Waals surface area (Å²) in [5, 5.41) is 7.44. The van der Waals surface area contributed by atoms with Gasteiger partial charge < -0.3 is 9.84 Å². The van der Waals surface area contributed by atoms with Gasteiger partial charge in [-0.25, -0.2) is 4.39 Å². The van der Waals surface area contributed by atoms with E-state index in [4.69, 9.17) is 4.52 Å². The van der Waals surface area contributed by atoms with E-state index >= 15 is 0 Å². The molecule has 0 saturated carbocycles. The second kappa shape index (κ2) is 6.07. The van der Waals surface area contributed by atoms with E-state index in [1.54, 1.807) is 13.0 Å². The minimum atomic E-state index is -0.183. The van der Waals surface area contributed by atoms with Gasteiger partial charge in [-0.15, -0.1) is 0 Å². The Morgan fingerprint density at radius 2 is 2.10 bits per heavy atom. The molecule has 0 aliphatic heterocycles. The SMILES string of the molecule is CCc1noc(C(C)C)c1CNc1ccc(F)c(C)c1. The van der Waals surface area contributed by atoms with Crippen molar-refractivity contribution in [2.45, 2.75) is 46.6 Å². The maximum absolute atomic E-state index is 13.2. The first-order valence-electron chi connectivity index (χ1n) is 7.00. The average Bonchev–Trinajstić information content (AvgIpc) is 2.83. The fourth-order valence-corrected chi connectivity index (χ4v) is 2.22. The number of halogens is 1. The predicted molar refractivity (Wildman–Crippen MR) is 78.4 cm³/mol. The first kappa shape index (κ1) is 14.6. The van der Waals surface area contributed by atoms with Crippen molar-refractivity contribution in [2.24, 2.45) is 0 Å². The summed E-state index contributed by atoms with van der Waals surface area (Å²) in [7, 11) is 0. The van der Waals surface area contributed by atoms with Crippen LogP contribution in [0.2, 0.25) is 0 Å². The highest BCUT2D eigenvalue weighted by Crippen LogP contribution is 2.24. The van der Waals surface area contributed by atoms with Gasteiger partial charge in [0, 0.05) is 23.7 Å². The van der Waals surface area contributed by atoms with Crippen LogP contribution >= 0.6 is 0 Å². The third-order valence-corrected chi connectivity index (χ3v) is 3.39. The fraction of sp³-hybridized carbons (Fsp3) is 0.438. The summed E-state index contributed by atoms with van der Waals surface area (Å²) in [4.78, 5) is 0. The van der Waals surface area contributed by atoms with Crippen molar-refractivity contribution in [3.8, 4) is 0 Å². The fourth-order valence-electron chi connectivity index (χ4n) is 2.22. The maximum atomic E-state index is 13.2. The summed E-state index contributed by atoms with van der Waals surface area (Å²) in [6, 6.07) is 5.04. The largest absolute Gasteiger partial charge is 0.381 e. The Balaban J connectivity index is 2.17. The van der Waals surface area contributed by atoms with Crippen LogP contribution < -0.4 is 5.32 Å². The lowest BCUT2D eigenvalue weighted by atomic mass is 10.0. The first-order chi connectivity index (χ1) is 9.52. The van der Waals surface area contributed by atoms with Crippen molar-refractivity contribution in [2.75, 3.05) is 5.32 Å². The number of rotatable bonds is 5. The van der Waals surface area contributed by atoms with Crippen LogP contribution in [0.15, 0.2) is 22.7 Å². The molecule has 4 heteroatoms. The lowest BCUT2D eigenvalue weighted by molar-refractivity contribution is 0.365. The standard InChI is InChI=1S/C16H21FN2O/c1-5-15-13(16(10(2)3)20-19-15)9-18-12-6-7-14(17)11(4)8-12/h6-8,10,18H,5,9H2,1-4H3. The monoisotopic (exact) mass is 276 g/mol. The van der Waals surface area contributed by atoms with Gasteiger partial charge in [0.25, 0.3) is 0 Å². The number of anilines is 1. The van der Waals surface area contributed by atoms with Crippen molar-refractivity contribution in [1.82, 2.24) is 5.16 Å². The van der Waals surface area contributed by atoms with E-state index in [2.05, 4.69) is 31.2 Å². The molecule has 20 heavy (non-hydrogen) atoms. The van der Waals surface area contributed by atoms with E-state index < -0.39 is 0 Å². The van der Waals surface area contributed by atoms with Gasteiger partial charge in [-0.1, -0.05) is 25.9 Å². The van der Waals surface area contributed by atoms with E-state index in [9.17, 15) is 4.39 Å². The number of benzene rings is 1. The first-order valence-corrected chi connectivity index (χ1v) is 7.00. The topological polar surface area (TPSA) is 38.1 Å². The molecule has 0 saturated heterocycles. The van der Waals surface area contributed by atoms with Gasteiger partial charge in [-0.3, -0.25) is 0 Å². The molecule has 0 radical (unpaired) electrons. The normalized spacial score (nSPS) is 11.1. The van der Waals surface area contributed by atoms with Crippen LogP contribution in [-0.2, 0) is 13.0 Å². The summed E-state index contributed by atoms with van der Waals surface area (Å²) < 4.78 is 18.7. The molecule has 1 heterocycles. The molecule has 1 aromatic carbocycles. The smallest absolute Gasteiger partial charge is 0.144 e. The number of hydrogen-bond acceptors (Lipinski definition) is 3. The lowest BCUT2D eigenvalue weighted by Gasteiger charge is -2.10. The molecule has 0 atom stereocenters. The second-order valence-electron chi connectivity index (χ2n) is 5.30. The molecule has 0 bridgehead atoms. The number of hydrogen-bond donors (Lipinski definition) is 1. The Hall–Kier alpha value is -1.84. The summed E-state index contributed by atoms with van der Waals surface area (Å²) in [6.07, 6.45) is 0.843. The molecule has 1 N–H and O–H groups in total. The van der Waals surface area contributed by atoms with Crippen molar-refractivity contribution in [1.29, 1.82) is 0 Å². The van der Waals surface area contributed by atoms with Gasteiger partial charge in [0.05, 0.1) is 5.69 Å². The molecule has 0 fully saturated rings. The number of aryl methyl sites for hydroxylation is 2. The van der Waals surface area contributed by atoms with Crippen molar-refractivity contribution < 1.29 is 8.91 Å². The molecule has 0 spiro atoms. The van der Waals surface area contributed by atoms with E-state index in [1.165, 1.54) is 6.07 Å². The summed E-state index contributed by atoms with van der Waals surface area (Å²) in [5.74, 6) is 1.04. The van der Waals surface area contributed by atoms with Gasteiger partial charge in [0.2, 0.25) is 0 Å². The van der Waals surface area contributed by atoms with Crippen LogP contribution in [0.3, 0.4) is 0 Å². The van der Waals surface area contributed by atoms with Crippen molar-refractivity contribution >= 4 is 5.69 Å². The van der Waals surface area contributed by atoms with Gasteiger partial charge in [-0.2, -0.15) is 0 Å². The van der Waals surface area contributed by atoms with Gasteiger partial charge >= 0.3 is 0 Å². The highest BCUT2D eigenvalue weighted by atomic mass is 19.1. The quantitative estimate of drug-likeness (QED) is 0.878. The molecule has 108 valence electrons. The van der Waals surface area contributed by atoms with Gasteiger partial charge in [-0.05, 0) is 37.1 Å². The molecule has 0 aliphatic rings. The van der Waals surface area contributed by atoms with E-state index in [0.717, 1.165) is 29.1 Å². The molecule has 0 aliphatic carbocycles. The molecular formula is C16H21FN2O. The average molecular weight is 276 g/mol. The van der Waals surface area contributed by atoms with E-state index in [-0.39, 0.29) is 5.82 Å². The third-order valence-electron chi connectivity index (χ3n) is 3.39. The summed E-state index contributed by atoms with van der Waals surface area (Å²) in [5.41, 5.74) is 3.64. The molecular weight excluding hydrogens is 255 g/mol. The lowest BCUT2D eigenvalue weighted by Crippen LogP contribution is -2.05. The van der Waals surface area contributed by atoms with Crippen LogP contribution in [0.5, 0.6) is 0 Å². The van der Waals surface area contributed by atoms with Gasteiger partial charge in [0.15, 0.2) is 0 Å². The van der Waals surface area contributed by atoms with Crippen molar-refractivity contribution in [3.05, 3.63) is 46.6 Å². The molecule has 3 nitrogen and oxygen atoms in total. The van der Waals surface area contributed by atoms with Crippen LogP contribution in [0.1, 0.15) is 49.3 Å². The second-order valence-corrected chi connectivity index (χ2v) is 5.30. The zero-order chi connectivity index (χ0) is 14.7. The van der Waals surface area contributed by atoms with Gasteiger partial charge in [0.1, 0.15) is 11.6 Å². The van der Waals surface area contributed by atoms with E-state index in [1.807, 2.05) is 6.07 Å². The Morgan fingerprint density at radius 1 is 1.35 bits per heavy atom.